The zero-order valence-electron chi connectivity index (χ0n) is 9.35. The summed E-state index contributed by atoms with van der Waals surface area (Å²) in [5.74, 6) is 0.497. The van der Waals surface area contributed by atoms with Crippen molar-refractivity contribution in [3.8, 4) is 5.75 Å². The Labute approximate surface area is 111 Å². The van der Waals surface area contributed by atoms with Gasteiger partial charge in [-0.3, -0.25) is 0 Å². The fourth-order valence-electron chi connectivity index (χ4n) is 1.03. The van der Waals surface area contributed by atoms with Crippen molar-refractivity contribution in [1.29, 1.82) is 0 Å². The fourth-order valence-corrected chi connectivity index (χ4v) is 1.89. The number of hydrogen-bond acceptors (Lipinski definition) is 1. The van der Waals surface area contributed by atoms with E-state index < -0.39 is 0 Å². The van der Waals surface area contributed by atoms with E-state index in [4.69, 9.17) is 39.5 Å². The number of rotatable bonds is 2. The van der Waals surface area contributed by atoms with Gasteiger partial charge in [-0.15, -0.1) is 0 Å². The van der Waals surface area contributed by atoms with Gasteiger partial charge in [-0.05, 0) is 41.3 Å². The molecule has 1 nitrogen and oxygen atoms in total. The number of hydrogen-bond donors (Lipinski definition) is 0. The van der Waals surface area contributed by atoms with E-state index in [9.17, 15) is 0 Å². The van der Waals surface area contributed by atoms with Gasteiger partial charge in [0.15, 0.2) is 5.22 Å². The third-order valence-corrected chi connectivity index (χ3v) is 2.36. The lowest BCUT2D eigenvalue weighted by Gasteiger charge is -2.13. The van der Waals surface area contributed by atoms with E-state index in [1.54, 1.807) is 18.2 Å². The summed E-state index contributed by atoms with van der Waals surface area (Å²) in [6.07, 6.45) is 1.82. The molecule has 0 radical (unpaired) electrons. The Morgan fingerprint density at radius 1 is 1.25 bits per heavy atom. The molecule has 0 unspecified atom stereocenters. The minimum absolute atomic E-state index is 0.0456. The summed E-state index contributed by atoms with van der Waals surface area (Å²) >= 11 is 17.7. The summed E-state index contributed by atoms with van der Waals surface area (Å²) in [4.78, 5) is 0. The first-order chi connectivity index (χ1) is 7.28. The maximum Gasteiger partial charge on any atom is 0.190 e. The lowest BCUT2D eigenvalue weighted by atomic mass is 9.97. The molecular weight excluding hydrogens is 266 g/mol. The average molecular weight is 280 g/mol. The van der Waals surface area contributed by atoms with Crippen LogP contribution in [0.25, 0.3) is 0 Å². The molecule has 0 bridgehead atoms. The zero-order valence-corrected chi connectivity index (χ0v) is 11.6. The maximum atomic E-state index is 5.96. The van der Waals surface area contributed by atoms with E-state index in [2.05, 4.69) is 0 Å². The van der Waals surface area contributed by atoms with E-state index in [1.807, 2.05) is 26.8 Å². The second-order valence-corrected chi connectivity index (χ2v) is 5.71. The van der Waals surface area contributed by atoms with Crippen molar-refractivity contribution in [1.82, 2.24) is 0 Å². The molecule has 88 valence electrons. The molecule has 0 saturated carbocycles. The summed E-state index contributed by atoms with van der Waals surface area (Å²) in [5, 5.41) is 1.30. The SMILES string of the molecule is CC(C)(C)C=C(Cl)Oc1ccc(Cl)cc1Cl. The maximum absolute atomic E-state index is 5.96. The third-order valence-electron chi connectivity index (χ3n) is 1.65. The molecule has 0 aromatic heterocycles. The molecule has 0 amide bonds. The van der Waals surface area contributed by atoms with Gasteiger partial charge in [-0.1, -0.05) is 44.0 Å². The second kappa shape index (κ2) is 5.31. The molecule has 0 N–H and O–H groups in total. The molecule has 0 heterocycles. The van der Waals surface area contributed by atoms with E-state index in [0.717, 1.165) is 0 Å². The van der Waals surface area contributed by atoms with Crippen LogP contribution in [0.2, 0.25) is 10.0 Å². The highest BCUT2D eigenvalue weighted by atomic mass is 35.5. The highest BCUT2D eigenvalue weighted by Crippen LogP contribution is 2.30. The first kappa shape index (κ1) is 13.7. The van der Waals surface area contributed by atoms with Gasteiger partial charge in [-0.25, -0.2) is 0 Å². The van der Waals surface area contributed by atoms with Gasteiger partial charge in [0.05, 0.1) is 5.02 Å². The Balaban J connectivity index is 2.85. The van der Waals surface area contributed by atoms with Crippen LogP contribution < -0.4 is 4.74 Å². The first-order valence-electron chi connectivity index (χ1n) is 4.79. The van der Waals surface area contributed by atoms with Crippen LogP contribution in [0, 0.1) is 5.41 Å². The minimum atomic E-state index is -0.0456. The normalized spacial score (nSPS) is 12.8. The first-order valence-corrected chi connectivity index (χ1v) is 5.92. The summed E-state index contributed by atoms with van der Waals surface area (Å²) < 4.78 is 5.41. The molecule has 0 fully saturated rings. The quantitative estimate of drug-likeness (QED) is 0.650. The molecular formula is C12H13Cl3O. The molecule has 0 aliphatic rings. The second-order valence-electron chi connectivity index (χ2n) is 4.49. The molecule has 0 saturated heterocycles. The van der Waals surface area contributed by atoms with Crippen LogP contribution in [0.5, 0.6) is 5.75 Å². The largest absolute Gasteiger partial charge is 0.444 e. The Morgan fingerprint density at radius 2 is 1.88 bits per heavy atom. The van der Waals surface area contributed by atoms with Crippen molar-refractivity contribution in [2.24, 2.45) is 5.41 Å². The number of allylic oxidation sites excluding steroid dienone is 1. The number of benzene rings is 1. The van der Waals surface area contributed by atoms with Gasteiger partial charge in [0.2, 0.25) is 0 Å². The Hall–Kier alpha value is -0.370. The molecule has 0 aliphatic carbocycles. The van der Waals surface area contributed by atoms with Crippen molar-refractivity contribution >= 4 is 34.8 Å². The standard InChI is InChI=1S/C12H13Cl3O/c1-12(2,3)7-11(15)16-10-5-4-8(13)6-9(10)14/h4-7H,1-3H3. The molecule has 0 atom stereocenters. The van der Waals surface area contributed by atoms with Crippen LogP contribution >= 0.6 is 34.8 Å². The highest BCUT2D eigenvalue weighted by Gasteiger charge is 2.10. The lowest BCUT2D eigenvalue weighted by molar-refractivity contribution is 0.438. The minimum Gasteiger partial charge on any atom is -0.444 e. The van der Waals surface area contributed by atoms with Crippen molar-refractivity contribution < 1.29 is 4.74 Å². The average Bonchev–Trinajstić information content (AvgIpc) is 2.06. The van der Waals surface area contributed by atoms with Crippen molar-refractivity contribution in [2.45, 2.75) is 20.8 Å². The van der Waals surface area contributed by atoms with E-state index in [0.29, 0.717) is 21.0 Å². The van der Waals surface area contributed by atoms with Gasteiger partial charge in [0, 0.05) is 5.02 Å². The van der Waals surface area contributed by atoms with Gasteiger partial charge < -0.3 is 4.74 Å². The van der Waals surface area contributed by atoms with Crippen molar-refractivity contribution in [2.75, 3.05) is 0 Å². The van der Waals surface area contributed by atoms with Crippen LogP contribution in [0.15, 0.2) is 29.5 Å². The van der Waals surface area contributed by atoms with E-state index >= 15 is 0 Å². The predicted octanol–water partition coefficient (Wildman–Crippen LogP) is 5.50. The van der Waals surface area contributed by atoms with Crippen LogP contribution in [0.3, 0.4) is 0 Å². The lowest BCUT2D eigenvalue weighted by Crippen LogP contribution is -2.02. The Kier molecular flexibility index (Phi) is 4.54. The topological polar surface area (TPSA) is 9.23 Å². The van der Waals surface area contributed by atoms with Gasteiger partial charge >= 0.3 is 0 Å². The Bertz CT molecular complexity index is 405. The summed E-state index contributed by atoms with van der Waals surface area (Å²) in [6.45, 7) is 6.09. The van der Waals surface area contributed by atoms with Crippen LogP contribution in [0.1, 0.15) is 20.8 Å². The summed E-state index contributed by atoms with van der Waals surface area (Å²) in [7, 11) is 0. The van der Waals surface area contributed by atoms with Crippen molar-refractivity contribution in [3.63, 3.8) is 0 Å². The molecule has 1 rings (SSSR count). The van der Waals surface area contributed by atoms with Gasteiger partial charge in [0.1, 0.15) is 5.75 Å². The van der Waals surface area contributed by atoms with E-state index in [-0.39, 0.29) is 5.41 Å². The van der Waals surface area contributed by atoms with E-state index in [1.165, 1.54) is 0 Å². The number of halogens is 3. The zero-order chi connectivity index (χ0) is 12.3. The fraction of sp³-hybridized carbons (Fsp3) is 0.333. The smallest absolute Gasteiger partial charge is 0.190 e. The molecule has 1 aromatic carbocycles. The molecule has 4 heteroatoms. The predicted molar refractivity (Wildman–Crippen MR) is 70.5 cm³/mol. The molecule has 0 aliphatic heterocycles. The van der Waals surface area contributed by atoms with Crippen LogP contribution in [-0.2, 0) is 0 Å². The van der Waals surface area contributed by atoms with Gasteiger partial charge in [-0.2, -0.15) is 0 Å². The van der Waals surface area contributed by atoms with Crippen molar-refractivity contribution in [3.05, 3.63) is 39.5 Å². The monoisotopic (exact) mass is 278 g/mol. The van der Waals surface area contributed by atoms with Gasteiger partial charge in [0.25, 0.3) is 0 Å². The third kappa shape index (κ3) is 4.65. The van der Waals surface area contributed by atoms with Crippen LogP contribution in [0.4, 0.5) is 0 Å². The summed E-state index contributed by atoms with van der Waals surface area (Å²) in [5.41, 5.74) is -0.0456. The molecule has 16 heavy (non-hydrogen) atoms. The summed E-state index contributed by atoms with van der Waals surface area (Å²) in [6, 6.07) is 4.99. The highest BCUT2D eigenvalue weighted by molar-refractivity contribution is 6.35. The van der Waals surface area contributed by atoms with Crippen LogP contribution in [-0.4, -0.2) is 0 Å². The molecule has 1 aromatic rings. The Morgan fingerprint density at radius 3 is 2.38 bits per heavy atom. The molecule has 0 spiro atoms. The number of ether oxygens (including phenoxy) is 1.